The minimum atomic E-state index is -0.0488. The minimum Gasteiger partial charge on any atom is -0.340 e. The Morgan fingerprint density at radius 2 is 1.76 bits per heavy atom. The molecule has 0 aromatic heterocycles. The zero-order valence-electron chi connectivity index (χ0n) is 11.7. The third kappa shape index (κ3) is 2.22. The summed E-state index contributed by atoms with van der Waals surface area (Å²) in [4.78, 5) is 17.2. The number of rotatable bonds is 2. The van der Waals surface area contributed by atoms with Gasteiger partial charge in [0.2, 0.25) is 5.91 Å². The first kappa shape index (κ1) is 12.9. The van der Waals surface area contributed by atoms with E-state index in [1.165, 1.54) is 6.42 Å². The Labute approximate surface area is 105 Å². The summed E-state index contributed by atoms with van der Waals surface area (Å²) in [7, 11) is 0. The van der Waals surface area contributed by atoms with Gasteiger partial charge < -0.3 is 4.90 Å². The lowest BCUT2D eigenvalue weighted by molar-refractivity contribution is -0.147. The maximum absolute atomic E-state index is 12.7. The van der Waals surface area contributed by atoms with Gasteiger partial charge in [-0.1, -0.05) is 0 Å². The molecule has 2 aliphatic rings. The summed E-state index contributed by atoms with van der Waals surface area (Å²) in [5, 5.41) is 0. The lowest BCUT2D eigenvalue weighted by Crippen LogP contribution is -2.52. The smallest absolute Gasteiger partial charge is 0.230 e. The number of piperidine rings is 1. The molecular weight excluding hydrogens is 212 g/mol. The predicted octanol–water partition coefficient (Wildman–Crippen LogP) is 2.12. The van der Waals surface area contributed by atoms with E-state index < -0.39 is 0 Å². The van der Waals surface area contributed by atoms with E-state index in [9.17, 15) is 4.79 Å². The maximum atomic E-state index is 12.7. The van der Waals surface area contributed by atoms with Gasteiger partial charge >= 0.3 is 0 Å². The van der Waals surface area contributed by atoms with Crippen LogP contribution in [0.2, 0.25) is 0 Å². The Balaban J connectivity index is 2.13. The molecule has 2 heterocycles. The molecule has 0 saturated carbocycles. The fraction of sp³-hybridized carbons (Fsp3) is 0.929. The van der Waals surface area contributed by atoms with Gasteiger partial charge in [0, 0.05) is 25.2 Å². The van der Waals surface area contributed by atoms with E-state index in [1.807, 2.05) is 0 Å². The molecule has 1 atom stereocenters. The van der Waals surface area contributed by atoms with Crippen molar-refractivity contribution in [3.8, 4) is 0 Å². The van der Waals surface area contributed by atoms with Gasteiger partial charge in [0.15, 0.2) is 0 Å². The monoisotopic (exact) mass is 238 g/mol. The number of amides is 1. The van der Waals surface area contributed by atoms with E-state index in [1.54, 1.807) is 0 Å². The van der Waals surface area contributed by atoms with Gasteiger partial charge in [0.05, 0.1) is 5.41 Å². The Morgan fingerprint density at radius 3 is 2.29 bits per heavy atom. The highest BCUT2D eigenvalue weighted by Gasteiger charge is 2.48. The van der Waals surface area contributed by atoms with Crippen molar-refractivity contribution in [3.05, 3.63) is 0 Å². The standard InChI is InChI=1S/C14H26N2O/c1-11(2)15-9-7-14(10-15)6-5-8-16(12(3)4)13(14)17/h11-12H,5-10H2,1-4H3. The largest absolute Gasteiger partial charge is 0.340 e. The van der Waals surface area contributed by atoms with Crippen LogP contribution in [-0.4, -0.2) is 47.4 Å². The number of nitrogens with zero attached hydrogens (tertiary/aromatic N) is 2. The Hall–Kier alpha value is -0.570. The van der Waals surface area contributed by atoms with Gasteiger partial charge in [-0.3, -0.25) is 9.69 Å². The summed E-state index contributed by atoms with van der Waals surface area (Å²) in [5.41, 5.74) is -0.0488. The summed E-state index contributed by atoms with van der Waals surface area (Å²) in [5.74, 6) is 0.418. The van der Waals surface area contributed by atoms with Crippen molar-refractivity contribution in [1.82, 2.24) is 9.80 Å². The fourth-order valence-corrected chi connectivity index (χ4v) is 3.32. The van der Waals surface area contributed by atoms with Crippen LogP contribution < -0.4 is 0 Å². The van der Waals surface area contributed by atoms with Gasteiger partial charge in [-0.2, -0.15) is 0 Å². The van der Waals surface area contributed by atoms with Crippen LogP contribution in [0.25, 0.3) is 0 Å². The van der Waals surface area contributed by atoms with Crippen molar-refractivity contribution < 1.29 is 4.79 Å². The van der Waals surface area contributed by atoms with Crippen LogP contribution in [0.4, 0.5) is 0 Å². The van der Waals surface area contributed by atoms with E-state index in [-0.39, 0.29) is 5.41 Å². The summed E-state index contributed by atoms with van der Waals surface area (Å²) < 4.78 is 0. The normalized spacial score (nSPS) is 31.2. The molecule has 2 saturated heterocycles. The Morgan fingerprint density at radius 1 is 1.06 bits per heavy atom. The molecule has 1 unspecified atom stereocenters. The number of carbonyl (C=O) groups is 1. The maximum Gasteiger partial charge on any atom is 0.230 e. The van der Waals surface area contributed by atoms with Gasteiger partial charge in [0.25, 0.3) is 0 Å². The quantitative estimate of drug-likeness (QED) is 0.735. The lowest BCUT2D eigenvalue weighted by Gasteiger charge is -2.41. The second-order valence-electron chi connectivity index (χ2n) is 6.29. The van der Waals surface area contributed by atoms with Crippen molar-refractivity contribution in [2.45, 2.75) is 59.0 Å². The SMILES string of the molecule is CC(C)N1CCC2(CCCN(C(C)C)C2=O)C1. The molecular formula is C14H26N2O. The first-order valence-corrected chi connectivity index (χ1v) is 7.01. The highest BCUT2D eigenvalue weighted by Crippen LogP contribution is 2.41. The van der Waals surface area contributed by atoms with Gasteiger partial charge in [0.1, 0.15) is 0 Å². The highest BCUT2D eigenvalue weighted by atomic mass is 16.2. The van der Waals surface area contributed by atoms with Crippen LogP contribution in [0.5, 0.6) is 0 Å². The second-order valence-corrected chi connectivity index (χ2v) is 6.29. The Bertz CT molecular complexity index is 301. The van der Waals surface area contributed by atoms with Gasteiger partial charge in [-0.25, -0.2) is 0 Å². The van der Waals surface area contributed by atoms with Crippen LogP contribution in [-0.2, 0) is 4.79 Å². The fourth-order valence-electron chi connectivity index (χ4n) is 3.32. The summed E-state index contributed by atoms with van der Waals surface area (Å²) >= 11 is 0. The molecule has 0 aromatic rings. The molecule has 0 radical (unpaired) electrons. The third-order valence-corrected chi connectivity index (χ3v) is 4.51. The minimum absolute atomic E-state index is 0.0488. The van der Waals surface area contributed by atoms with E-state index >= 15 is 0 Å². The van der Waals surface area contributed by atoms with E-state index in [0.717, 1.165) is 32.5 Å². The van der Waals surface area contributed by atoms with Crippen molar-refractivity contribution in [2.75, 3.05) is 19.6 Å². The molecule has 0 aliphatic carbocycles. The highest BCUT2D eigenvalue weighted by molar-refractivity contribution is 5.84. The summed E-state index contributed by atoms with van der Waals surface area (Å²) in [6.07, 6.45) is 3.33. The van der Waals surface area contributed by atoms with E-state index in [2.05, 4.69) is 37.5 Å². The number of hydrogen-bond donors (Lipinski definition) is 0. The number of likely N-dealkylation sites (tertiary alicyclic amines) is 2. The van der Waals surface area contributed by atoms with Crippen molar-refractivity contribution >= 4 is 5.91 Å². The van der Waals surface area contributed by atoms with Crippen LogP contribution in [0, 0.1) is 5.41 Å². The average molecular weight is 238 g/mol. The molecule has 2 aliphatic heterocycles. The van der Waals surface area contributed by atoms with Gasteiger partial charge in [-0.15, -0.1) is 0 Å². The lowest BCUT2D eigenvalue weighted by atomic mass is 9.78. The zero-order chi connectivity index (χ0) is 12.6. The van der Waals surface area contributed by atoms with Crippen molar-refractivity contribution in [3.63, 3.8) is 0 Å². The van der Waals surface area contributed by atoms with Crippen LogP contribution in [0.1, 0.15) is 47.0 Å². The first-order chi connectivity index (χ1) is 7.96. The summed E-state index contributed by atoms with van der Waals surface area (Å²) in [6, 6.07) is 0.921. The molecule has 1 amide bonds. The van der Waals surface area contributed by atoms with Gasteiger partial charge in [-0.05, 0) is 53.5 Å². The Kier molecular flexibility index (Phi) is 3.48. The molecule has 0 N–H and O–H groups in total. The van der Waals surface area contributed by atoms with Crippen molar-refractivity contribution in [1.29, 1.82) is 0 Å². The topological polar surface area (TPSA) is 23.6 Å². The molecule has 1 spiro atoms. The zero-order valence-corrected chi connectivity index (χ0v) is 11.7. The summed E-state index contributed by atoms with van der Waals surface area (Å²) in [6.45, 7) is 11.7. The molecule has 2 fully saturated rings. The molecule has 0 aromatic carbocycles. The van der Waals surface area contributed by atoms with E-state index in [4.69, 9.17) is 0 Å². The number of hydrogen-bond acceptors (Lipinski definition) is 2. The van der Waals surface area contributed by atoms with Crippen LogP contribution in [0.3, 0.4) is 0 Å². The molecule has 0 bridgehead atoms. The van der Waals surface area contributed by atoms with Crippen molar-refractivity contribution in [2.24, 2.45) is 5.41 Å². The molecule has 2 rings (SSSR count). The average Bonchev–Trinajstić information content (AvgIpc) is 2.67. The molecule has 98 valence electrons. The van der Waals surface area contributed by atoms with Crippen LogP contribution in [0.15, 0.2) is 0 Å². The second kappa shape index (κ2) is 4.60. The number of carbonyl (C=O) groups excluding carboxylic acids is 1. The molecule has 17 heavy (non-hydrogen) atoms. The molecule has 3 heteroatoms. The first-order valence-electron chi connectivity index (χ1n) is 7.01. The predicted molar refractivity (Wildman–Crippen MR) is 69.8 cm³/mol. The van der Waals surface area contributed by atoms with Crippen LogP contribution >= 0.6 is 0 Å². The van der Waals surface area contributed by atoms with E-state index in [0.29, 0.717) is 18.0 Å². The molecule has 3 nitrogen and oxygen atoms in total. The third-order valence-electron chi connectivity index (χ3n) is 4.51.